The van der Waals surface area contributed by atoms with Gasteiger partial charge in [0.2, 0.25) is 0 Å². The molecular formula is C70H51N3. The molecule has 2 heterocycles. The van der Waals surface area contributed by atoms with Gasteiger partial charge in [0.25, 0.3) is 0 Å². The number of fused-ring (bicyclic) bond motifs is 9. The predicted octanol–water partition coefficient (Wildman–Crippen LogP) is 19.0. The highest BCUT2D eigenvalue weighted by molar-refractivity contribution is 6.14. The molecule has 0 atom stereocenters. The van der Waals surface area contributed by atoms with Crippen LogP contribution >= 0.6 is 0 Å². The lowest BCUT2D eigenvalue weighted by Gasteiger charge is -2.28. The first-order valence-corrected chi connectivity index (χ1v) is 25.4. The average molecular weight is 934 g/mol. The SMILES string of the molecule is Cc1ccccc1N(c1ccc(-c2ccccc2)cc1)c1cc(-c2ccccc2)cc(-n2c3ccc(-c4ccc5c(c4)c4ccccc4n5-c4ccccc4)cc3c3cc4c(cc32)C(C)(C)c2ccccc2-4)c1. The van der Waals surface area contributed by atoms with E-state index < -0.39 is 0 Å². The number of rotatable bonds is 8. The molecule has 1 aliphatic carbocycles. The van der Waals surface area contributed by atoms with E-state index in [1.807, 2.05) is 0 Å². The zero-order valence-electron chi connectivity index (χ0n) is 41.1. The second-order valence-electron chi connectivity index (χ2n) is 20.2. The topological polar surface area (TPSA) is 13.1 Å². The van der Waals surface area contributed by atoms with Gasteiger partial charge in [-0.15, -0.1) is 0 Å². The largest absolute Gasteiger partial charge is 0.310 e. The Morgan fingerprint density at radius 1 is 0.315 bits per heavy atom. The molecule has 0 N–H and O–H groups in total. The maximum atomic E-state index is 2.54. The molecule has 3 nitrogen and oxygen atoms in total. The zero-order valence-corrected chi connectivity index (χ0v) is 41.1. The Kier molecular flexibility index (Phi) is 9.78. The third kappa shape index (κ3) is 6.88. The van der Waals surface area contributed by atoms with Crippen LogP contribution in [0, 0.1) is 6.92 Å². The molecular weight excluding hydrogens is 883 g/mol. The van der Waals surface area contributed by atoms with Crippen LogP contribution in [-0.2, 0) is 5.41 Å². The Morgan fingerprint density at radius 2 is 0.849 bits per heavy atom. The van der Waals surface area contributed by atoms with Crippen LogP contribution in [0.2, 0.25) is 0 Å². The molecule has 0 bridgehead atoms. The summed E-state index contributed by atoms with van der Waals surface area (Å²) in [6, 6.07) is 94.1. The standard InChI is InChI=1S/C70H51N3/c1-46-19-13-17-29-65(46)71(54-35-31-49(32-36-54)47-20-7-4-8-21-47)55-39-52(48-22-9-5-10-23-48)40-56(43-55)73-68-38-34-51(42-61(68)62-44-59-57-26-14-16-28-63(57)70(2,3)64(59)45-69(62)73)50-33-37-67-60(41-50)58-27-15-18-30-66(58)72(67)53-24-11-6-12-25-53/h4-45H,1-3H3. The van der Waals surface area contributed by atoms with Crippen molar-refractivity contribution >= 4 is 60.7 Å². The molecule has 2 aromatic heterocycles. The highest BCUT2D eigenvalue weighted by atomic mass is 15.1. The zero-order chi connectivity index (χ0) is 48.8. The van der Waals surface area contributed by atoms with E-state index in [-0.39, 0.29) is 5.41 Å². The first kappa shape index (κ1) is 42.7. The van der Waals surface area contributed by atoms with E-state index in [9.17, 15) is 0 Å². The van der Waals surface area contributed by atoms with Gasteiger partial charge >= 0.3 is 0 Å². The Labute approximate surface area is 426 Å². The van der Waals surface area contributed by atoms with Gasteiger partial charge in [0.05, 0.1) is 22.1 Å². The Balaban J connectivity index is 1.02. The minimum absolute atomic E-state index is 0.175. The summed E-state index contributed by atoms with van der Waals surface area (Å²) in [6.45, 7) is 6.99. The van der Waals surface area contributed by atoms with Crippen molar-refractivity contribution in [3.05, 3.63) is 271 Å². The summed E-state index contributed by atoms with van der Waals surface area (Å²) < 4.78 is 4.93. The van der Waals surface area contributed by atoms with Crippen LogP contribution in [0.5, 0.6) is 0 Å². The third-order valence-electron chi connectivity index (χ3n) is 15.6. The summed E-state index contributed by atoms with van der Waals surface area (Å²) in [5.41, 5.74) is 23.8. The first-order chi connectivity index (χ1) is 35.9. The minimum atomic E-state index is -0.175. The number of hydrogen-bond acceptors (Lipinski definition) is 1. The fraction of sp³-hybridized carbons (Fsp3) is 0.0571. The van der Waals surface area contributed by atoms with Crippen LogP contribution in [0.3, 0.4) is 0 Å². The monoisotopic (exact) mass is 933 g/mol. The van der Waals surface area contributed by atoms with E-state index in [0.29, 0.717) is 0 Å². The van der Waals surface area contributed by atoms with Gasteiger partial charge in [0.15, 0.2) is 0 Å². The number of aromatic nitrogens is 2. The maximum Gasteiger partial charge on any atom is 0.0544 e. The van der Waals surface area contributed by atoms with Crippen molar-refractivity contribution in [2.45, 2.75) is 26.2 Å². The van der Waals surface area contributed by atoms with E-state index >= 15 is 0 Å². The molecule has 11 aromatic carbocycles. The molecule has 1 aliphatic rings. The molecule has 13 aromatic rings. The summed E-state index contributed by atoms with van der Waals surface area (Å²) in [7, 11) is 0. The molecule has 73 heavy (non-hydrogen) atoms. The number of para-hydroxylation sites is 3. The third-order valence-corrected chi connectivity index (χ3v) is 15.6. The van der Waals surface area contributed by atoms with E-state index in [1.165, 1.54) is 99.2 Å². The Hall–Kier alpha value is -9.18. The summed E-state index contributed by atoms with van der Waals surface area (Å²) in [4.78, 5) is 2.44. The van der Waals surface area contributed by atoms with Crippen LogP contribution in [-0.4, -0.2) is 9.13 Å². The summed E-state index contributed by atoms with van der Waals surface area (Å²) >= 11 is 0. The molecule has 0 unspecified atom stereocenters. The predicted molar refractivity (Wildman–Crippen MR) is 308 cm³/mol. The first-order valence-electron chi connectivity index (χ1n) is 25.4. The van der Waals surface area contributed by atoms with Crippen molar-refractivity contribution in [2.75, 3.05) is 4.90 Å². The fourth-order valence-corrected chi connectivity index (χ4v) is 12.0. The molecule has 0 spiro atoms. The molecule has 14 rings (SSSR count). The summed E-state index contributed by atoms with van der Waals surface area (Å²) in [6.07, 6.45) is 0. The number of benzene rings is 11. The van der Waals surface area contributed by atoms with E-state index in [1.54, 1.807) is 0 Å². The Morgan fingerprint density at radius 3 is 1.56 bits per heavy atom. The van der Waals surface area contributed by atoms with Gasteiger partial charge in [-0.1, -0.05) is 178 Å². The van der Waals surface area contributed by atoms with Crippen LogP contribution in [0.1, 0.15) is 30.5 Å². The molecule has 346 valence electrons. The minimum Gasteiger partial charge on any atom is -0.310 e. The molecule has 0 aliphatic heterocycles. The van der Waals surface area contributed by atoms with Crippen molar-refractivity contribution in [1.29, 1.82) is 0 Å². The van der Waals surface area contributed by atoms with Crippen LogP contribution in [0.25, 0.3) is 99.5 Å². The van der Waals surface area contributed by atoms with Gasteiger partial charge in [0.1, 0.15) is 0 Å². The lowest BCUT2D eigenvalue weighted by molar-refractivity contribution is 0.661. The van der Waals surface area contributed by atoms with Crippen LogP contribution in [0.4, 0.5) is 17.1 Å². The van der Waals surface area contributed by atoms with Crippen molar-refractivity contribution in [2.24, 2.45) is 0 Å². The highest BCUT2D eigenvalue weighted by Crippen LogP contribution is 2.52. The number of aryl methyl sites for hydroxylation is 1. The van der Waals surface area contributed by atoms with Crippen molar-refractivity contribution < 1.29 is 0 Å². The second-order valence-corrected chi connectivity index (χ2v) is 20.2. The average Bonchev–Trinajstić information content (AvgIpc) is 4.03. The van der Waals surface area contributed by atoms with Gasteiger partial charge in [-0.25, -0.2) is 0 Å². The van der Waals surface area contributed by atoms with Gasteiger partial charge in [-0.3, -0.25) is 0 Å². The van der Waals surface area contributed by atoms with Crippen molar-refractivity contribution in [3.63, 3.8) is 0 Å². The fourth-order valence-electron chi connectivity index (χ4n) is 12.0. The molecule has 3 heteroatoms. The number of hydrogen-bond donors (Lipinski definition) is 0. The molecule has 0 radical (unpaired) electrons. The second kappa shape index (κ2) is 16.7. The van der Waals surface area contributed by atoms with E-state index in [0.717, 1.165) is 34.0 Å². The lowest BCUT2D eigenvalue weighted by atomic mass is 9.82. The smallest absolute Gasteiger partial charge is 0.0544 e. The van der Waals surface area contributed by atoms with Gasteiger partial charge in [-0.2, -0.15) is 0 Å². The van der Waals surface area contributed by atoms with Crippen molar-refractivity contribution in [3.8, 4) is 55.9 Å². The van der Waals surface area contributed by atoms with Crippen LogP contribution in [0.15, 0.2) is 255 Å². The summed E-state index contributed by atoms with van der Waals surface area (Å²) in [5.74, 6) is 0. The quantitative estimate of drug-likeness (QED) is 0.148. The van der Waals surface area contributed by atoms with E-state index in [4.69, 9.17) is 0 Å². The molecule has 0 fully saturated rings. The van der Waals surface area contributed by atoms with E-state index in [2.05, 4.69) is 290 Å². The highest BCUT2D eigenvalue weighted by Gasteiger charge is 2.36. The number of anilines is 3. The van der Waals surface area contributed by atoms with Crippen molar-refractivity contribution in [1.82, 2.24) is 9.13 Å². The number of nitrogens with zero attached hydrogens (tertiary/aromatic N) is 3. The summed E-state index contributed by atoms with van der Waals surface area (Å²) in [5, 5.41) is 4.96. The van der Waals surface area contributed by atoms with Gasteiger partial charge < -0.3 is 14.0 Å². The molecule has 0 amide bonds. The van der Waals surface area contributed by atoms with Gasteiger partial charge in [0, 0.05) is 55.4 Å². The lowest BCUT2D eigenvalue weighted by Crippen LogP contribution is -2.15. The molecule has 0 saturated heterocycles. The Bertz CT molecular complexity index is 4270. The maximum absolute atomic E-state index is 2.54. The normalized spacial score (nSPS) is 12.7. The van der Waals surface area contributed by atoms with Gasteiger partial charge in [-0.05, 0) is 159 Å². The van der Waals surface area contributed by atoms with Crippen LogP contribution < -0.4 is 4.90 Å². The molecule has 0 saturated carbocycles.